The van der Waals surface area contributed by atoms with Gasteiger partial charge in [0.1, 0.15) is 0 Å². The molecule has 306 valence electrons. The monoisotopic (exact) mass is 838 g/mol. The van der Waals surface area contributed by atoms with E-state index in [1.807, 2.05) is 6.07 Å². The summed E-state index contributed by atoms with van der Waals surface area (Å²) < 4.78 is 4.95. The molecule has 0 amide bonds. The minimum absolute atomic E-state index is 0.714. The maximum atomic E-state index is 5.27. The zero-order valence-electron chi connectivity index (χ0n) is 35.7. The Morgan fingerprint density at radius 3 is 1.76 bits per heavy atom. The molecule has 11 aromatic carbocycles. The largest absolute Gasteiger partial charge is 0.309 e. The van der Waals surface area contributed by atoms with Gasteiger partial charge in [0.2, 0.25) is 0 Å². The molecule has 4 nitrogen and oxygen atoms in total. The van der Waals surface area contributed by atoms with Gasteiger partial charge in [-0.3, -0.25) is 0 Å². The van der Waals surface area contributed by atoms with Crippen LogP contribution >= 0.6 is 0 Å². The topological polar surface area (TPSA) is 35.6 Å². The molecule has 14 rings (SSSR count). The first-order valence-corrected chi connectivity index (χ1v) is 22.6. The number of hydrogen-bond donors (Lipinski definition) is 0. The van der Waals surface area contributed by atoms with Crippen LogP contribution in [0.5, 0.6) is 0 Å². The Morgan fingerprint density at radius 1 is 0.288 bits per heavy atom. The van der Waals surface area contributed by atoms with E-state index in [0.717, 1.165) is 49.7 Å². The van der Waals surface area contributed by atoms with Crippen molar-refractivity contribution in [1.29, 1.82) is 0 Å². The summed E-state index contributed by atoms with van der Waals surface area (Å²) in [5.74, 6) is 0.714. The molecule has 0 saturated carbocycles. The van der Waals surface area contributed by atoms with Gasteiger partial charge in [-0.25, -0.2) is 9.97 Å². The third kappa shape index (κ3) is 5.58. The smallest absolute Gasteiger partial charge is 0.160 e. The quantitative estimate of drug-likeness (QED) is 0.173. The third-order valence-electron chi connectivity index (χ3n) is 13.6. The highest BCUT2D eigenvalue weighted by molar-refractivity contribution is 6.23. The summed E-state index contributed by atoms with van der Waals surface area (Å²) in [5.41, 5.74) is 13.3. The Morgan fingerprint density at radius 2 is 0.894 bits per heavy atom. The molecule has 0 bridgehead atoms. The van der Waals surface area contributed by atoms with Crippen LogP contribution < -0.4 is 0 Å². The number of hydrogen-bond acceptors (Lipinski definition) is 2. The molecule has 0 fully saturated rings. The average Bonchev–Trinajstić information content (AvgIpc) is 3.90. The SMILES string of the molecule is c1ccc(-c2ccc(-c3nc(-c4ccc5cc(-n6c7cc8ccccc8cc7c7c(-n8c9ccccc9c9c%10ccccc%10ccc98)cccc76)ccc5c4)c4ccccc4n3)cc2)cc1. The van der Waals surface area contributed by atoms with Crippen molar-refractivity contribution in [2.24, 2.45) is 0 Å². The van der Waals surface area contributed by atoms with E-state index in [4.69, 9.17) is 9.97 Å². The lowest BCUT2D eigenvalue weighted by molar-refractivity contribution is 1.17. The second-order valence-corrected chi connectivity index (χ2v) is 17.4. The molecule has 0 radical (unpaired) electrons. The standard InChI is InChI=1S/C62H38N4/c1-2-13-39(14-3-1)40-25-27-42(28-26-40)62-63-53-21-10-8-19-50(53)61(64-62)47-30-29-46-36-48(33-31-45(46)35-47)65-55-23-12-24-56(60(55)52-37-43-16-4-5-17-44(43)38-58(52)65)66-54-22-11-9-20-51(54)59-49-18-7-6-15-41(49)32-34-57(59)66/h1-38H. The summed E-state index contributed by atoms with van der Waals surface area (Å²) in [5, 5.41) is 13.3. The van der Waals surface area contributed by atoms with Gasteiger partial charge >= 0.3 is 0 Å². The van der Waals surface area contributed by atoms with Gasteiger partial charge in [0, 0.05) is 43.7 Å². The Balaban J connectivity index is 0.942. The van der Waals surface area contributed by atoms with Crippen molar-refractivity contribution in [2.75, 3.05) is 0 Å². The zero-order valence-corrected chi connectivity index (χ0v) is 35.7. The molecular weight excluding hydrogens is 801 g/mol. The normalized spacial score (nSPS) is 11.9. The van der Waals surface area contributed by atoms with E-state index >= 15 is 0 Å². The molecule has 0 saturated heterocycles. The van der Waals surface area contributed by atoms with Crippen LogP contribution in [0, 0.1) is 0 Å². The summed E-state index contributed by atoms with van der Waals surface area (Å²) in [4.78, 5) is 10.3. The summed E-state index contributed by atoms with van der Waals surface area (Å²) in [6.07, 6.45) is 0. The van der Waals surface area contributed by atoms with Crippen molar-refractivity contribution >= 4 is 86.8 Å². The molecule has 3 heterocycles. The van der Waals surface area contributed by atoms with Gasteiger partial charge in [-0.15, -0.1) is 0 Å². The van der Waals surface area contributed by atoms with Crippen molar-refractivity contribution in [3.8, 4) is 45.1 Å². The molecule has 4 heteroatoms. The summed E-state index contributed by atoms with van der Waals surface area (Å²) >= 11 is 0. The number of nitrogens with zero attached hydrogens (tertiary/aromatic N) is 4. The van der Waals surface area contributed by atoms with E-state index in [-0.39, 0.29) is 0 Å². The van der Waals surface area contributed by atoms with Crippen LogP contribution in [0.15, 0.2) is 231 Å². The molecule has 0 atom stereocenters. The zero-order chi connectivity index (χ0) is 43.3. The second kappa shape index (κ2) is 14.3. The van der Waals surface area contributed by atoms with E-state index in [2.05, 4.69) is 234 Å². The molecule has 0 spiro atoms. The highest BCUT2D eigenvalue weighted by Gasteiger charge is 2.22. The molecule has 0 aliphatic carbocycles. The average molecular weight is 839 g/mol. The van der Waals surface area contributed by atoms with Crippen molar-refractivity contribution in [2.45, 2.75) is 0 Å². The van der Waals surface area contributed by atoms with Crippen LogP contribution in [-0.4, -0.2) is 19.1 Å². The number of fused-ring (bicyclic) bond motifs is 11. The number of benzene rings is 11. The molecule has 0 aliphatic heterocycles. The fourth-order valence-electron chi connectivity index (χ4n) is 10.6. The van der Waals surface area contributed by atoms with E-state index in [1.165, 1.54) is 76.5 Å². The van der Waals surface area contributed by atoms with Crippen LogP contribution in [0.25, 0.3) is 132 Å². The van der Waals surface area contributed by atoms with Crippen LogP contribution in [0.1, 0.15) is 0 Å². The molecule has 0 unspecified atom stereocenters. The highest BCUT2D eigenvalue weighted by Crippen LogP contribution is 2.43. The van der Waals surface area contributed by atoms with Gasteiger partial charge in [-0.1, -0.05) is 170 Å². The lowest BCUT2D eigenvalue weighted by atomic mass is 10.0. The molecule has 0 N–H and O–H groups in total. The van der Waals surface area contributed by atoms with Gasteiger partial charge in [-0.05, 0) is 104 Å². The first-order valence-electron chi connectivity index (χ1n) is 22.6. The Labute approximate surface area is 379 Å². The molecule has 3 aromatic heterocycles. The van der Waals surface area contributed by atoms with E-state index < -0.39 is 0 Å². The summed E-state index contributed by atoms with van der Waals surface area (Å²) in [7, 11) is 0. The predicted octanol–water partition coefficient (Wildman–Crippen LogP) is 16.3. The fourth-order valence-corrected chi connectivity index (χ4v) is 10.6. The minimum Gasteiger partial charge on any atom is -0.309 e. The number of aromatic nitrogens is 4. The minimum atomic E-state index is 0.714. The summed E-state index contributed by atoms with van der Waals surface area (Å²) in [6.45, 7) is 0. The van der Waals surface area contributed by atoms with Crippen molar-refractivity contribution < 1.29 is 0 Å². The van der Waals surface area contributed by atoms with E-state index in [1.54, 1.807) is 0 Å². The summed E-state index contributed by atoms with van der Waals surface area (Å²) in [6, 6.07) is 83.4. The van der Waals surface area contributed by atoms with Gasteiger partial charge in [0.25, 0.3) is 0 Å². The number of para-hydroxylation sites is 2. The van der Waals surface area contributed by atoms with Gasteiger partial charge in [0.15, 0.2) is 5.82 Å². The fraction of sp³-hybridized carbons (Fsp3) is 0. The van der Waals surface area contributed by atoms with Gasteiger partial charge in [-0.2, -0.15) is 0 Å². The van der Waals surface area contributed by atoms with Crippen LogP contribution in [0.2, 0.25) is 0 Å². The van der Waals surface area contributed by atoms with Gasteiger partial charge in [0.05, 0.1) is 39.0 Å². The molecule has 0 aliphatic rings. The first-order chi connectivity index (χ1) is 32.7. The predicted molar refractivity (Wildman–Crippen MR) is 277 cm³/mol. The Bertz CT molecular complexity index is 4270. The molecule has 14 aromatic rings. The lowest BCUT2D eigenvalue weighted by Crippen LogP contribution is -1.97. The number of rotatable bonds is 5. The molecular formula is C62H38N4. The van der Waals surface area contributed by atoms with Gasteiger partial charge < -0.3 is 9.13 Å². The van der Waals surface area contributed by atoms with Crippen molar-refractivity contribution in [3.05, 3.63) is 231 Å². The van der Waals surface area contributed by atoms with Crippen LogP contribution in [-0.2, 0) is 0 Å². The highest BCUT2D eigenvalue weighted by atomic mass is 15.0. The van der Waals surface area contributed by atoms with Crippen LogP contribution in [0.4, 0.5) is 0 Å². The maximum Gasteiger partial charge on any atom is 0.160 e. The first kappa shape index (κ1) is 36.6. The molecule has 66 heavy (non-hydrogen) atoms. The van der Waals surface area contributed by atoms with E-state index in [9.17, 15) is 0 Å². The lowest BCUT2D eigenvalue weighted by Gasteiger charge is -2.13. The maximum absolute atomic E-state index is 5.27. The Hall–Kier alpha value is -8.86. The Kier molecular flexibility index (Phi) is 7.95. The van der Waals surface area contributed by atoms with Crippen molar-refractivity contribution in [1.82, 2.24) is 19.1 Å². The van der Waals surface area contributed by atoms with E-state index in [0.29, 0.717) is 5.82 Å². The van der Waals surface area contributed by atoms with Crippen molar-refractivity contribution in [3.63, 3.8) is 0 Å². The second-order valence-electron chi connectivity index (χ2n) is 17.4. The van der Waals surface area contributed by atoms with Crippen LogP contribution in [0.3, 0.4) is 0 Å². The third-order valence-corrected chi connectivity index (χ3v) is 13.6.